The normalized spacial score (nSPS) is 17.4. The number of hydrogen-bond acceptors (Lipinski definition) is 7. The van der Waals surface area contributed by atoms with Crippen molar-refractivity contribution in [1.29, 1.82) is 0 Å². The second-order valence-electron chi connectivity index (χ2n) is 12.0. The number of aromatic nitrogens is 2. The zero-order chi connectivity index (χ0) is 28.7. The molecule has 2 fully saturated rings. The molecular weight excluding hydrogens is 508 g/mol. The van der Waals surface area contributed by atoms with E-state index in [-0.39, 0.29) is 30.4 Å². The van der Waals surface area contributed by atoms with Gasteiger partial charge in [0.25, 0.3) is 5.91 Å². The molecule has 1 saturated heterocycles. The SMILES string of the molecule is COc1cccc(OC)c1-c1cc(C(=O)NC(CCN2CCCCC2)CC(=O)OC(C)(C)C)nn1C1CCCC1. The summed E-state index contributed by atoms with van der Waals surface area (Å²) in [5.41, 5.74) is 1.31. The summed E-state index contributed by atoms with van der Waals surface area (Å²) in [6, 6.07) is 7.33. The van der Waals surface area contributed by atoms with Crippen LogP contribution in [-0.2, 0) is 9.53 Å². The maximum absolute atomic E-state index is 13.7. The van der Waals surface area contributed by atoms with Crippen molar-refractivity contribution >= 4 is 11.9 Å². The summed E-state index contributed by atoms with van der Waals surface area (Å²) in [4.78, 5) is 28.9. The summed E-state index contributed by atoms with van der Waals surface area (Å²) < 4.78 is 18.9. The van der Waals surface area contributed by atoms with Crippen LogP contribution in [0.25, 0.3) is 11.3 Å². The molecule has 1 N–H and O–H groups in total. The third-order valence-electron chi connectivity index (χ3n) is 7.73. The maximum atomic E-state index is 13.7. The van der Waals surface area contributed by atoms with Gasteiger partial charge in [0.2, 0.25) is 0 Å². The van der Waals surface area contributed by atoms with E-state index in [0.29, 0.717) is 23.6 Å². The van der Waals surface area contributed by atoms with Gasteiger partial charge in [-0.2, -0.15) is 5.10 Å². The standard InChI is InChI=1S/C31H46N4O5/c1-31(2,3)40-28(36)20-22(16-19-34-17-9-6-10-18-34)32-30(37)24-21-25(35(33-24)23-12-7-8-13-23)29-26(38-4)14-11-15-27(29)39-5/h11,14-15,21-23H,6-10,12-13,16-20H2,1-5H3,(H,32,37). The number of piperidine rings is 1. The Labute approximate surface area is 238 Å². The number of methoxy groups -OCH3 is 2. The number of hydrogen-bond donors (Lipinski definition) is 1. The maximum Gasteiger partial charge on any atom is 0.308 e. The quantitative estimate of drug-likeness (QED) is 0.372. The number of nitrogens with zero attached hydrogens (tertiary/aromatic N) is 3. The van der Waals surface area contributed by atoms with Gasteiger partial charge in [-0.1, -0.05) is 25.3 Å². The molecule has 0 bridgehead atoms. The number of carbonyl (C=O) groups excluding carboxylic acids is 2. The molecule has 1 saturated carbocycles. The predicted molar refractivity (Wildman–Crippen MR) is 155 cm³/mol. The van der Waals surface area contributed by atoms with Crippen LogP contribution in [0.15, 0.2) is 24.3 Å². The van der Waals surface area contributed by atoms with E-state index in [0.717, 1.165) is 56.6 Å². The van der Waals surface area contributed by atoms with Gasteiger partial charge in [-0.3, -0.25) is 14.3 Å². The van der Waals surface area contributed by atoms with Crippen molar-refractivity contribution in [3.63, 3.8) is 0 Å². The Morgan fingerprint density at radius 3 is 2.27 bits per heavy atom. The highest BCUT2D eigenvalue weighted by molar-refractivity contribution is 5.94. The van der Waals surface area contributed by atoms with E-state index in [1.807, 2.05) is 49.7 Å². The second-order valence-corrected chi connectivity index (χ2v) is 12.0. The molecule has 0 spiro atoms. The van der Waals surface area contributed by atoms with Crippen LogP contribution in [0.3, 0.4) is 0 Å². The van der Waals surface area contributed by atoms with Crippen molar-refractivity contribution in [2.75, 3.05) is 33.9 Å². The molecule has 4 rings (SSSR count). The summed E-state index contributed by atoms with van der Waals surface area (Å²) in [6.45, 7) is 8.51. The number of esters is 1. The van der Waals surface area contributed by atoms with Gasteiger partial charge >= 0.3 is 5.97 Å². The highest BCUT2D eigenvalue weighted by atomic mass is 16.6. The van der Waals surface area contributed by atoms with E-state index in [1.54, 1.807) is 14.2 Å². The first kappa shape index (κ1) is 29.9. The second kappa shape index (κ2) is 13.5. The molecule has 2 aromatic rings. The molecule has 1 unspecified atom stereocenters. The number of ether oxygens (including phenoxy) is 3. The van der Waals surface area contributed by atoms with Crippen LogP contribution < -0.4 is 14.8 Å². The van der Waals surface area contributed by atoms with Crippen molar-refractivity contribution in [3.05, 3.63) is 30.0 Å². The zero-order valence-corrected chi connectivity index (χ0v) is 24.8. The fraction of sp³-hybridized carbons (Fsp3) is 0.645. The predicted octanol–water partition coefficient (Wildman–Crippen LogP) is 5.39. The van der Waals surface area contributed by atoms with Crippen LogP contribution in [0.1, 0.15) is 95.1 Å². The van der Waals surface area contributed by atoms with Crippen LogP contribution in [0.4, 0.5) is 0 Å². The molecule has 9 nitrogen and oxygen atoms in total. The van der Waals surface area contributed by atoms with Crippen molar-refractivity contribution in [2.24, 2.45) is 0 Å². The average Bonchev–Trinajstić information content (AvgIpc) is 3.61. The molecule has 1 aliphatic carbocycles. The van der Waals surface area contributed by atoms with Gasteiger partial charge in [-0.15, -0.1) is 0 Å². The van der Waals surface area contributed by atoms with Gasteiger partial charge in [-0.05, 0) is 84.2 Å². The lowest BCUT2D eigenvalue weighted by Gasteiger charge is -2.28. The van der Waals surface area contributed by atoms with E-state index in [1.165, 1.54) is 19.3 Å². The third kappa shape index (κ3) is 7.77. The Balaban J connectivity index is 1.60. The van der Waals surface area contributed by atoms with E-state index in [2.05, 4.69) is 10.2 Å². The first-order valence-electron chi connectivity index (χ1n) is 14.7. The van der Waals surface area contributed by atoms with Crippen LogP contribution >= 0.6 is 0 Å². The summed E-state index contributed by atoms with van der Waals surface area (Å²) in [7, 11) is 3.26. The molecule has 1 amide bonds. The van der Waals surface area contributed by atoms with Crippen molar-refractivity contribution in [2.45, 2.75) is 96.2 Å². The lowest BCUT2D eigenvalue weighted by atomic mass is 10.1. The number of rotatable bonds is 11. The Morgan fingerprint density at radius 1 is 1.02 bits per heavy atom. The molecule has 2 aliphatic rings. The van der Waals surface area contributed by atoms with E-state index < -0.39 is 5.60 Å². The number of amides is 1. The lowest BCUT2D eigenvalue weighted by molar-refractivity contribution is -0.155. The van der Waals surface area contributed by atoms with Gasteiger partial charge < -0.3 is 24.4 Å². The largest absolute Gasteiger partial charge is 0.496 e. The fourth-order valence-electron chi connectivity index (χ4n) is 5.81. The molecule has 40 heavy (non-hydrogen) atoms. The summed E-state index contributed by atoms with van der Waals surface area (Å²) >= 11 is 0. The zero-order valence-electron chi connectivity index (χ0n) is 24.8. The van der Waals surface area contributed by atoms with Gasteiger partial charge in [0.05, 0.1) is 37.9 Å². The molecule has 1 atom stereocenters. The molecule has 2 heterocycles. The Hall–Kier alpha value is -3.07. The minimum atomic E-state index is -0.582. The smallest absolute Gasteiger partial charge is 0.308 e. The van der Waals surface area contributed by atoms with E-state index in [4.69, 9.17) is 19.3 Å². The molecule has 1 aromatic carbocycles. The molecule has 1 aliphatic heterocycles. The topological polar surface area (TPSA) is 94.9 Å². The Bertz CT molecular complexity index is 1120. The van der Waals surface area contributed by atoms with Crippen LogP contribution in [0.5, 0.6) is 11.5 Å². The van der Waals surface area contributed by atoms with Crippen LogP contribution in [0.2, 0.25) is 0 Å². The van der Waals surface area contributed by atoms with Crippen LogP contribution in [-0.4, -0.2) is 72.1 Å². The molecule has 220 valence electrons. The first-order chi connectivity index (χ1) is 19.2. The molecular formula is C31H46N4O5. The third-order valence-corrected chi connectivity index (χ3v) is 7.73. The number of likely N-dealkylation sites (tertiary alicyclic amines) is 1. The summed E-state index contributed by atoms with van der Waals surface area (Å²) in [6.07, 6.45) is 8.70. The number of benzene rings is 1. The van der Waals surface area contributed by atoms with Gasteiger partial charge in [0.1, 0.15) is 17.1 Å². The average molecular weight is 555 g/mol. The Kier molecular flexibility index (Phi) is 10.1. The highest BCUT2D eigenvalue weighted by Crippen LogP contribution is 2.41. The van der Waals surface area contributed by atoms with Crippen molar-refractivity contribution in [3.8, 4) is 22.8 Å². The summed E-state index contributed by atoms with van der Waals surface area (Å²) in [5, 5.41) is 7.95. The fourth-order valence-corrected chi connectivity index (χ4v) is 5.81. The highest BCUT2D eigenvalue weighted by Gasteiger charge is 2.29. The lowest BCUT2D eigenvalue weighted by Crippen LogP contribution is -2.41. The first-order valence-corrected chi connectivity index (χ1v) is 14.7. The minimum absolute atomic E-state index is 0.118. The van der Waals surface area contributed by atoms with E-state index in [9.17, 15) is 9.59 Å². The number of nitrogens with one attached hydrogen (secondary N) is 1. The van der Waals surface area contributed by atoms with Gasteiger partial charge in [-0.25, -0.2) is 0 Å². The summed E-state index contributed by atoms with van der Waals surface area (Å²) in [5.74, 6) is 0.719. The van der Waals surface area contributed by atoms with Crippen LogP contribution in [0, 0.1) is 0 Å². The molecule has 1 aromatic heterocycles. The monoisotopic (exact) mass is 554 g/mol. The minimum Gasteiger partial charge on any atom is -0.496 e. The van der Waals surface area contributed by atoms with E-state index >= 15 is 0 Å². The molecule has 0 radical (unpaired) electrons. The number of carbonyl (C=O) groups is 2. The van der Waals surface area contributed by atoms with Gasteiger partial charge in [0, 0.05) is 12.6 Å². The van der Waals surface area contributed by atoms with Crippen molar-refractivity contribution in [1.82, 2.24) is 20.0 Å². The Morgan fingerprint density at radius 2 is 1.68 bits per heavy atom. The van der Waals surface area contributed by atoms with Crippen molar-refractivity contribution < 1.29 is 23.8 Å². The molecule has 9 heteroatoms. The van der Waals surface area contributed by atoms with Gasteiger partial charge in [0.15, 0.2) is 5.69 Å².